The minimum Gasteiger partial charge on any atom is -0.326 e. The Morgan fingerprint density at radius 2 is 1.86 bits per heavy atom. The number of para-hydroxylation sites is 1. The summed E-state index contributed by atoms with van der Waals surface area (Å²) in [6, 6.07) is 22.2. The summed E-state index contributed by atoms with van der Waals surface area (Å²) in [5, 5.41) is 5.95. The van der Waals surface area contributed by atoms with Crippen LogP contribution in [0.3, 0.4) is 0 Å². The Balaban J connectivity index is 1.21. The summed E-state index contributed by atoms with van der Waals surface area (Å²) in [7, 11) is -3.64. The van der Waals surface area contributed by atoms with Crippen molar-refractivity contribution in [2.24, 2.45) is 0 Å². The summed E-state index contributed by atoms with van der Waals surface area (Å²) >= 11 is 1.59. The van der Waals surface area contributed by atoms with E-state index in [1.807, 2.05) is 60.8 Å². The second-order valence-corrected chi connectivity index (χ2v) is 11.8. The van der Waals surface area contributed by atoms with Crippen molar-refractivity contribution in [1.82, 2.24) is 4.98 Å². The average Bonchev–Trinajstić information content (AvgIpc) is 3.34. The number of fused-ring (bicyclic) bond motifs is 1. The minimum atomic E-state index is -3.64. The van der Waals surface area contributed by atoms with Crippen molar-refractivity contribution < 1.29 is 13.2 Å². The summed E-state index contributed by atoms with van der Waals surface area (Å²) in [6.45, 7) is 2.44. The molecule has 36 heavy (non-hydrogen) atoms. The maximum Gasteiger partial charge on any atom is 0.264 e. The smallest absolute Gasteiger partial charge is 0.264 e. The molecule has 2 heterocycles. The number of nitrogens with one attached hydrogen (secondary N) is 1. The fourth-order valence-corrected chi connectivity index (χ4v) is 6.60. The highest BCUT2D eigenvalue weighted by molar-refractivity contribution is 7.92. The van der Waals surface area contributed by atoms with E-state index in [-0.39, 0.29) is 10.8 Å². The lowest BCUT2D eigenvalue weighted by Crippen LogP contribution is -2.35. The van der Waals surface area contributed by atoms with Crippen molar-refractivity contribution in [3.05, 3.63) is 94.3 Å². The Labute approximate surface area is 215 Å². The molecule has 0 spiro atoms. The first-order valence-corrected chi connectivity index (χ1v) is 14.2. The van der Waals surface area contributed by atoms with Crippen molar-refractivity contribution >= 4 is 38.6 Å². The van der Waals surface area contributed by atoms with Gasteiger partial charge in [-0.2, -0.15) is 0 Å². The molecule has 0 atom stereocenters. The van der Waals surface area contributed by atoms with Gasteiger partial charge in [0.1, 0.15) is 0 Å². The van der Waals surface area contributed by atoms with Gasteiger partial charge in [0.25, 0.3) is 10.0 Å². The van der Waals surface area contributed by atoms with Crippen molar-refractivity contribution in [1.29, 1.82) is 0 Å². The molecule has 0 bridgehead atoms. The first-order valence-electron chi connectivity index (χ1n) is 11.9. The highest BCUT2D eigenvalue weighted by Gasteiger charge is 2.28. The maximum atomic E-state index is 13.3. The van der Waals surface area contributed by atoms with Crippen molar-refractivity contribution in [3.8, 4) is 11.3 Å². The lowest BCUT2D eigenvalue weighted by molar-refractivity contribution is -0.116. The number of carbonyl (C=O) groups is 1. The third-order valence-corrected chi connectivity index (χ3v) is 8.88. The summed E-state index contributed by atoms with van der Waals surface area (Å²) in [5.41, 5.74) is 5.32. The van der Waals surface area contributed by atoms with Crippen LogP contribution in [0, 0.1) is 6.92 Å². The fraction of sp³-hybridized carbons (Fsp3) is 0.214. The van der Waals surface area contributed by atoms with Crippen molar-refractivity contribution in [2.75, 3.05) is 16.2 Å². The van der Waals surface area contributed by atoms with Gasteiger partial charge in [-0.1, -0.05) is 42.5 Å². The maximum absolute atomic E-state index is 13.3. The monoisotopic (exact) mass is 517 g/mol. The standard InChI is InChI=1S/C28H27N3O3S2/c1-20-29-26(19-35-20)23-7-4-9-24(18-23)30-28(32)16-13-21-11-14-25(15-12-21)36(33,34)31-17-5-8-22-6-2-3-10-27(22)31/h2-4,6-7,9-12,14-15,18-19H,5,8,13,16-17H2,1H3,(H,30,32). The molecule has 1 aromatic heterocycles. The summed E-state index contributed by atoms with van der Waals surface area (Å²) in [6.07, 6.45) is 2.50. The molecule has 1 aliphatic heterocycles. The first kappa shape index (κ1) is 24.2. The molecule has 0 saturated heterocycles. The van der Waals surface area contributed by atoms with Crippen LogP contribution in [0.1, 0.15) is 29.0 Å². The second kappa shape index (κ2) is 10.2. The molecule has 0 fully saturated rings. The van der Waals surface area contributed by atoms with E-state index in [1.54, 1.807) is 35.6 Å². The zero-order valence-electron chi connectivity index (χ0n) is 20.0. The Bertz CT molecular complexity index is 1490. The molecule has 0 saturated carbocycles. The minimum absolute atomic E-state index is 0.0942. The number of hydrogen-bond donors (Lipinski definition) is 1. The van der Waals surface area contributed by atoms with Crippen molar-refractivity contribution in [2.45, 2.75) is 37.5 Å². The number of aryl methyl sites for hydroxylation is 3. The molecule has 5 rings (SSSR count). The number of amides is 1. The molecule has 6 nitrogen and oxygen atoms in total. The lowest BCUT2D eigenvalue weighted by Gasteiger charge is -2.30. The molecule has 1 amide bonds. The molecule has 8 heteroatoms. The number of thiazole rings is 1. The first-order chi connectivity index (χ1) is 17.4. The van der Waals surface area contributed by atoms with Crippen LogP contribution in [-0.4, -0.2) is 25.9 Å². The van der Waals surface area contributed by atoms with Gasteiger partial charge in [0.2, 0.25) is 5.91 Å². The third kappa shape index (κ3) is 5.20. The summed E-state index contributed by atoms with van der Waals surface area (Å²) in [4.78, 5) is 17.3. The topological polar surface area (TPSA) is 79.4 Å². The second-order valence-electron chi connectivity index (χ2n) is 8.83. The van der Waals surface area contributed by atoms with Gasteiger partial charge >= 0.3 is 0 Å². The molecule has 3 aromatic carbocycles. The average molecular weight is 518 g/mol. The largest absolute Gasteiger partial charge is 0.326 e. The molecule has 0 radical (unpaired) electrons. The van der Waals surface area contributed by atoms with Crippen LogP contribution < -0.4 is 9.62 Å². The van der Waals surface area contributed by atoms with Crippen LogP contribution in [0.4, 0.5) is 11.4 Å². The molecule has 1 aliphatic rings. The van der Waals surface area contributed by atoms with Crippen LogP contribution in [-0.2, 0) is 27.7 Å². The van der Waals surface area contributed by atoms with Crippen LogP contribution in [0.25, 0.3) is 11.3 Å². The molecule has 1 N–H and O–H groups in total. The number of benzene rings is 3. The predicted octanol–water partition coefficient (Wildman–Crippen LogP) is 5.83. The third-order valence-electron chi connectivity index (χ3n) is 6.28. The zero-order chi connectivity index (χ0) is 25.1. The Morgan fingerprint density at radius 3 is 2.64 bits per heavy atom. The Morgan fingerprint density at radius 1 is 1.06 bits per heavy atom. The SMILES string of the molecule is Cc1nc(-c2cccc(NC(=O)CCc3ccc(S(=O)(=O)N4CCCc5ccccc54)cc3)c2)cs1. The van der Waals surface area contributed by atoms with Crippen LogP contribution in [0.15, 0.2) is 83.1 Å². The van der Waals surface area contributed by atoms with Crippen LogP contribution >= 0.6 is 11.3 Å². The predicted molar refractivity (Wildman–Crippen MR) is 145 cm³/mol. The number of nitrogens with zero attached hydrogens (tertiary/aromatic N) is 2. The fourth-order valence-electron chi connectivity index (χ4n) is 4.44. The van der Waals surface area contributed by atoms with Gasteiger partial charge < -0.3 is 5.32 Å². The molecular formula is C28H27N3O3S2. The van der Waals surface area contributed by atoms with E-state index in [2.05, 4.69) is 10.3 Å². The molecule has 0 aliphatic carbocycles. The van der Waals surface area contributed by atoms with Crippen LogP contribution in [0.5, 0.6) is 0 Å². The van der Waals surface area contributed by atoms with E-state index in [9.17, 15) is 13.2 Å². The number of anilines is 2. The quantitative estimate of drug-likeness (QED) is 0.334. The Hall–Kier alpha value is -3.49. The van der Waals surface area contributed by atoms with Gasteiger partial charge in [0, 0.05) is 29.6 Å². The van der Waals surface area contributed by atoms with E-state index < -0.39 is 10.0 Å². The summed E-state index contributed by atoms with van der Waals surface area (Å²) in [5.74, 6) is -0.0942. The Kier molecular flexibility index (Phi) is 6.89. The molecule has 184 valence electrons. The highest BCUT2D eigenvalue weighted by Crippen LogP contribution is 2.32. The van der Waals surface area contributed by atoms with E-state index in [4.69, 9.17) is 0 Å². The number of sulfonamides is 1. The number of carbonyl (C=O) groups excluding carboxylic acids is 1. The molecule has 0 unspecified atom stereocenters. The lowest BCUT2D eigenvalue weighted by atomic mass is 10.0. The van der Waals surface area contributed by atoms with Gasteiger partial charge in [0.15, 0.2) is 0 Å². The van der Waals surface area contributed by atoms with Gasteiger partial charge in [0.05, 0.1) is 21.3 Å². The molecule has 4 aromatic rings. The van der Waals surface area contributed by atoms with E-state index in [0.29, 0.717) is 19.4 Å². The molecular weight excluding hydrogens is 490 g/mol. The number of hydrogen-bond acceptors (Lipinski definition) is 5. The van der Waals surface area contributed by atoms with E-state index in [0.717, 1.165) is 51.6 Å². The van der Waals surface area contributed by atoms with E-state index >= 15 is 0 Å². The van der Waals surface area contributed by atoms with Gasteiger partial charge in [-0.3, -0.25) is 9.10 Å². The number of aromatic nitrogens is 1. The van der Waals surface area contributed by atoms with Crippen molar-refractivity contribution in [3.63, 3.8) is 0 Å². The van der Waals surface area contributed by atoms with Crippen LogP contribution in [0.2, 0.25) is 0 Å². The van der Waals surface area contributed by atoms with Gasteiger partial charge in [-0.15, -0.1) is 11.3 Å². The van der Waals surface area contributed by atoms with E-state index in [1.165, 1.54) is 4.31 Å². The zero-order valence-corrected chi connectivity index (χ0v) is 21.6. The summed E-state index contributed by atoms with van der Waals surface area (Å²) < 4.78 is 28.1. The normalized spacial score (nSPS) is 13.3. The highest BCUT2D eigenvalue weighted by atomic mass is 32.2. The van der Waals surface area contributed by atoms with Gasteiger partial charge in [-0.25, -0.2) is 13.4 Å². The number of rotatable bonds is 7. The van der Waals surface area contributed by atoms with Gasteiger partial charge in [-0.05, 0) is 67.6 Å².